The first-order valence-corrected chi connectivity index (χ1v) is 10.9. The minimum absolute atomic E-state index is 0.00426. The number of nitrogens with one attached hydrogen (secondary N) is 2. The Kier molecular flexibility index (Phi) is 4.48. The number of H-pyrrole nitrogens is 1. The van der Waals surface area contributed by atoms with E-state index in [0.717, 1.165) is 24.0 Å². The number of hydrogen-bond acceptors (Lipinski definition) is 5. The Morgan fingerprint density at radius 2 is 2.03 bits per heavy atom. The molecule has 1 saturated heterocycles. The van der Waals surface area contributed by atoms with Crippen molar-refractivity contribution in [3.63, 3.8) is 0 Å². The van der Waals surface area contributed by atoms with Gasteiger partial charge in [-0.05, 0) is 70.5 Å². The molecule has 0 radical (unpaired) electrons. The van der Waals surface area contributed by atoms with Crippen molar-refractivity contribution in [3.05, 3.63) is 74.9 Å². The number of nitrogens with zero attached hydrogens (tertiary/aromatic N) is 3. The lowest BCUT2D eigenvalue weighted by Crippen LogP contribution is -2.44. The SMILES string of the molecule is O=C(Nc1cc(Cl)c(-c2ccc3nonc3c2)cc1F)N1[C@H]2CC[C@@H]1c1c[nH]c(=O)cc1C2. The van der Waals surface area contributed by atoms with Crippen LogP contribution in [0.1, 0.15) is 30.0 Å². The van der Waals surface area contributed by atoms with Gasteiger partial charge in [0, 0.05) is 23.9 Å². The van der Waals surface area contributed by atoms with E-state index >= 15 is 4.39 Å². The van der Waals surface area contributed by atoms with Crippen molar-refractivity contribution in [3.8, 4) is 11.1 Å². The molecule has 8 nitrogen and oxygen atoms in total. The fraction of sp³-hybridized carbons (Fsp3) is 0.217. The van der Waals surface area contributed by atoms with Gasteiger partial charge in [-0.3, -0.25) is 4.79 Å². The highest BCUT2D eigenvalue weighted by atomic mass is 35.5. The Balaban J connectivity index is 1.28. The van der Waals surface area contributed by atoms with Gasteiger partial charge in [-0.2, -0.15) is 0 Å². The second-order valence-electron chi connectivity index (χ2n) is 8.35. The van der Waals surface area contributed by atoms with Crippen LogP contribution in [-0.2, 0) is 6.42 Å². The number of hydrogen-bond donors (Lipinski definition) is 2. The number of rotatable bonds is 2. The maximum absolute atomic E-state index is 15.0. The van der Waals surface area contributed by atoms with Gasteiger partial charge in [-0.1, -0.05) is 17.7 Å². The Labute approximate surface area is 191 Å². The Morgan fingerprint density at radius 1 is 1.18 bits per heavy atom. The molecule has 2 N–H and O–H groups in total. The van der Waals surface area contributed by atoms with E-state index in [2.05, 4.69) is 20.6 Å². The lowest BCUT2D eigenvalue weighted by molar-refractivity contribution is 0.179. The normalized spacial score (nSPS) is 19.0. The summed E-state index contributed by atoms with van der Waals surface area (Å²) >= 11 is 6.46. The Morgan fingerprint density at radius 3 is 2.91 bits per heavy atom. The number of amides is 2. The third-order valence-electron chi connectivity index (χ3n) is 6.46. The van der Waals surface area contributed by atoms with E-state index < -0.39 is 11.8 Å². The lowest BCUT2D eigenvalue weighted by Gasteiger charge is -2.36. The molecule has 2 atom stereocenters. The molecular formula is C23H17ClFN5O3. The van der Waals surface area contributed by atoms with Crippen LogP contribution in [0.2, 0.25) is 5.02 Å². The molecule has 2 aromatic carbocycles. The first-order valence-electron chi connectivity index (χ1n) is 10.5. The number of aromatic amines is 1. The molecule has 166 valence electrons. The van der Waals surface area contributed by atoms with Crippen molar-refractivity contribution in [1.82, 2.24) is 20.2 Å². The maximum Gasteiger partial charge on any atom is 0.322 e. The third kappa shape index (κ3) is 3.27. The quantitative estimate of drug-likeness (QED) is 0.448. The summed E-state index contributed by atoms with van der Waals surface area (Å²) in [5, 5.41) is 10.5. The fourth-order valence-corrected chi connectivity index (χ4v) is 5.23. The number of carbonyl (C=O) groups excluding carboxylic acids is 1. The highest BCUT2D eigenvalue weighted by molar-refractivity contribution is 6.33. The van der Waals surface area contributed by atoms with E-state index in [4.69, 9.17) is 16.2 Å². The minimum atomic E-state index is -0.602. The summed E-state index contributed by atoms with van der Waals surface area (Å²) in [6.45, 7) is 0. The first-order chi connectivity index (χ1) is 16.0. The second-order valence-corrected chi connectivity index (χ2v) is 8.75. The van der Waals surface area contributed by atoms with Crippen molar-refractivity contribution in [2.24, 2.45) is 0 Å². The van der Waals surface area contributed by atoms with Crippen LogP contribution in [0.15, 0.2) is 52.0 Å². The van der Waals surface area contributed by atoms with Crippen molar-refractivity contribution in [2.45, 2.75) is 31.3 Å². The van der Waals surface area contributed by atoms with Gasteiger partial charge in [-0.15, -0.1) is 0 Å². The molecule has 1 fully saturated rings. The molecule has 10 heteroatoms. The largest absolute Gasteiger partial charge is 0.329 e. The number of urea groups is 1. The number of aromatic nitrogens is 3. The molecule has 4 heterocycles. The summed E-state index contributed by atoms with van der Waals surface area (Å²) < 4.78 is 19.7. The Hall–Kier alpha value is -3.72. The summed E-state index contributed by atoms with van der Waals surface area (Å²) in [5.41, 5.74) is 3.99. The molecular weight excluding hydrogens is 449 g/mol. The first kappa shape index (κ1) is 19.9. The molecule has 0 saturated carbocycles. The minimum Gasteiger partial charge on any atom is -0.329 e. The number of halogens is 2. The number of anilines is 1. The molecule has 0 spiro atoms. The molecule has 4 aromatic rings. The zero-order chi connectivity index (χ0) is 22.7. The van der Waals surface area contributed by atoms with E-state index in [9.17, 15) is 9.59 Å². The van der Waals surface area contributed by atoms with Gasteiger partial charge in [0.05, 0.1) is 16.8 Å². The van der Waals surface area contributed by atoms with Crippen LogP contribution < -0.4 is 10.9 Å². The molecule has 0 unspecified atom stereocenters. The van der Waals surface area contributed by atoms with Crippen LogP contribution in [-0.4, -0.2) is 32.3 Å². The molecule has 2 amide bonds. The number of carbonyl (C=O) groups is 1. The Bertz CT molecular complexity index is 1480. The van der Waals surface area contributed by atoms with Gasteiger partial charge in [0.2, 0.25) is 5.56 Å². The molecule has 2 aliphatic rings. The molecule has 0 aliphatic carbocycles. The van der Waals surface area contributed by atoms with E-state index in [-0.39, 0.29) is 28.4 Å². The molecule has 33 heavy (non-hydrogen) atoms. The second kappa shape index (κ2) is 7.41. The highest BCUT2D eigenvalue weighted by Crippen LogP contribution is 2.43. The van der Waals surface area contributed by atoms with Crippen LogP contribution in [0.3, 0.4) is 0 Å². The van der Waals surface area contributed by atoms with Crippen LogP contribution in [0.5, 0.6) is 0 Å². The van der Waals surface area contributed by atoms with Crippen molar-refractivity contribution in [1.29, 1.82) is 0 Å². The van der Waals surface area contributed by atoms with E-state index in [1.54, 1.807) is 35.4 Å². The van der Waals surface area contributed by atoms with Gasteiger partial charge in [0.15, 0.2) is 0 Å². The van der Waals surface area contributed by atoms with Gasteiger partial charge in [0.25, 0.3) is 0 Å². The summed E-state index contributed by atoms with van der Waals surface area (Å²) in [5.74, 6) is -0.602. The van der Waals surface area contributed by atoms with Gasteiger partial charge in [0.1, 0.15) is 16.9 Å². The van der Waals surface area contributed by atoms with Crippen molar-refractivity contribution in [2.75, 3.05) is 5.32 Å². The summed E-state index contributed by atoms with van der Waals surface area (Å²) in [6, 6.07) is 8.88. The van der Waals surface area contributed by atoms with E-state index in [0.29, 0.717) is 28.6 Å². The predicted molar refractivity (Wildman–Crippen MR) is 120 cm³/mol. The fourth-order valence-electron chi connectivity index (χ4n) is 4.95. The van der Waals surface area contributed by atoms with Crippen molar-refractivity contribution < 1.29 is 13.8 Å². The average Bonchev–Trinajstić information content (AvgIpc) is 3.39. The number of fused-ring (bicyclic) bond motifs is 5. The van der Waals surface area contributed by atoms with Crippen LogP contribution in [0.4, 0.5) is 14.9 Å². The monoisotopic (exact) mass is 465 g/mol. The highest BCUT2D eigenvalue weighted by Gasteiger charge is 2.43. The molecule has 2 aromatic heterocycles. The van der Waals surface area contributed by atoms with Crippen molar-refractivity contribution >= 4 is 34.4 Å². The molecule has 6 rings (SSSR count). The predicted octanol–water partition coefficient (Wildman–Crippen LogP) is 4.66. The molecule has 2 aliphatic heterocycles. The maximum atomic E-state index is 15.0. The van der Waals surface area contributed by atoms with Crippen LogP contribution in [0.25, 0.3) is 22.2 Å². The zero-order valence-corrected chi connectivity index (χ0v) is 17.9. The summed E-state index contributed by atoms with van der Waals surface area (Å²) in [6.07, 6.45) is 3.89. The van der Waals surface area contributed by atoms with E-state index in [1.165, 1.54) is 12.1 Å². The smallest absolute Gasteiger partial charge is 0.322 e. The van der Waals surface area contributed by atoms with Crippen LogP contribution >= 0.6 is 11.6 Å². The zero-order valence-electron chi connectivity index (χ0n) is 17.1. The van der Waals surface area contributed by atoms with Gasteiger partial charge >= 0.3 is 6.03 Å². The standard InChI is InChI=1S/C23H17ClFN5O3/c24-16-9-19(17(25)8-14(16)11-1-3-18-20(6-11)29-33-28-18)27-23(32)30-13-2-4-21(30)15-10-26-22(31)7-12(15)5-13/h1,3,6-10,13,21H,2,4-5H2,(H,26,31)(H,27,32)/t13-,21+/m0/s1. The summed E-state index contributed by atoms with van der Waals surface area (Å²) in [4.78, 5) is 29.3. The van der Waals surface area contributed by atoms with Crippen LogP contribution in [0, 0.1) is 5.82 Å². The van der Waals surface area contributed by atoms with Gasteiger partial charge < -0.3 is 15.2 Å². The summed E-state index contributed by atoms with van der Waals surface area (Å²) in [7, 11) is 0. The topological polar surface area (TPSA) is 104 Å². The van der Waals surface area contributed by atoms with Gasteiger partial charge in [-0.25, -0.2) is 13.8 Å². The average molecular weight is 466 g/mol. The van der Waals surface area contributed by atoms with E-state index in [1.807, 2.05) is 0 Å². The number of benzene rings is 2. The third-order valence-corrected chi connectivity index (χ3v) is 6.77. The molecule has 2 bridgehead atoms. The number of pyridine rings is 1. The lowest BCUT2D eigenvalue weighted by atomic mass is 9.95.